The highest BCUT2D eigenvalue weighted by molar-refractivity contribution is 5.85. The second-order valence-electron chi connectivity index (χ2n) is 5.46. The van der Waals surface area contributed by atoms with E-state index in [2.05, 4.69) is 16.6 Å². The minimum absolute atomic E-state index is 0.137. The normalized spacial score (nSPS) is 10.9. The molecular formula is C18H20N2O2. The first kappa shape index (κ1) is 15.8. The summed E-state index contributed by atoms with van der Waals surface area (Å²) in [4.78, 5) is 11.9. The standard InChI is InChI=1S/C18H20N2O2/c1-12-4-6-15(14(3)8-12)10-18(22)20-19-11-16-9-13(2)5-7-17(16)21/h4-9,11,21H,10H2,1-3H3,(H,20,22)/b19-11-. The number of hydrogen-bond donors (Lipinski definition) is 2. The van der Waals surface area contributed by atoms with Crippen molar-refractivity contribution < 1.29 is 9.90 Å². The average Bonchev–Trinajstić information content (AvgIpc) is 2.46. The predicted molar refractivity (Wildman–Crippen MR) is 88.2 cm³/mol. The van der Waals surface area contributed by atoms with Crippen molar-refractivity contribution in [3.05, 3.63) is 64.2 Å². The second-order valence-corrected chi connectivity index (χ2v) is 5.46. The van der Waals surface area contributed by atoms with Gasteiger partial charge in [0.25, 0.3) is 0 Å². The van der Waals surface area contributed by atoms with Crippen molar-refractivity contribution in [2.24, 2.45) is 5.10 Å². The van der Waals surface area contributed by atoms with Gasteiger partial charge in [-0.2, -0.15) is 5.10 Å². The molecule has 0 fully saturated rings. The highest BCUT2D eigenvalue weighted by Crippen LogP contribution is 2.15. The zero-order valence-corrected chi connectivity index (χ0v) is 13.1. The first-order valence-electron chi connectivity index (χ1n) is 7.13. The molecule has 1 amide bonds. The molecule has 0 saturated heterocycles. The summed E-state index contributed by atoms with van der Waals surface area (Å²) in [6, 6.07) is 11.2. The largest absolute Gasteiger partial charge is 0.507 e. The number of nitrogens with zero attached hydrogens (tertiary/aromatic N) is 1. The van der Waals surface area contributed by atoms with Gasteiger partial charge in [-0.25, -0.2) is 5.43 Å². The van der Waals surface area contributed by atoms with E-state index < -0.39 is 0 Å². The Morgan fingerprint density at radius 1 is 1.14 bits per heavy atom. The minimum atomic E-state index is -0.185. The zero-order valence-electron chi connectivity index (χ0n) is 13.1. The molecule has 4 heteroatoms. The molecule has 0 heterocycles. The van der Waals surface area contributed by atoms with E-state index in [1.165, 1.54) is 11.8 Å². The third-order valence-corrected chi connectivity index (χ3v) is 3.43. The molecule has 114 valence electrons. The fraction of sp³-hybridized carbons (Fsp3) is 0.222. The number of rotatable bonds is 4. The Kier molecular flexibility index (Phi) is 4.94. The molecule has 0 aliphatic rings. The van der Waals surface area contributed by atoms with Gasteiger partial charge < -0.3 is 5.11 Å². The smallest absolute Gasteiger partial charge is 0.244 e. The van der Waals surface area contributed by atoms with Crippen LogP contribution in [-0.4, -0.2) is 17.2 Å². The van der Waals surface area contributed by atoms with Crippen LogP contribution in [0.5, 0.6) is 5.75 Å². The predicted octanol–water partition coefficient (Wildman–Crippen LogP) is 3.01. The fourth-order valence-electron chi connectivity index (χ4n) is 2.21. The molecular weight excluding hydrogens is 276 g/mol. The van der Waals surface area contributed by atoms with Crippen molar-refractivity contribution in [1.29, 1.82) is 0 Å². The Hall–Kier alpha value is -2.62. The SMILES string of the molecule is Cc1ccc(CC(=O)N/N=C\c2cc(C)ccc2O)c(C)c1. The molecule has 0 unspecified atom stereocenters. The Bertz CT molecular complexity index is 721. The summed E-state index contributed by atoms with van der Waals surface area (Å²) in [5, 5.41) is 13.6. The highest BCUT2D eigenvalue weighted by Gasteiger charge is 2.05. The molecule has 4 nitrogen and oxygen atoms in total. The highest BCUT2D eigenvalue weighted by atomic mass is 16.3. The summed E-state index contributed by atoms with van der Waals surface area (Å²) in [5.74, 6) is -0.0478. The topological polar surface area (TPSA) is 61.7 Å². The van der Waals surface area contributed by atoms with Crippen molar-refractivity contribution in [2.45, 2.75) is 27.2 Å². The number of aromatic hydroxyl groups is 1. The molecule has 0 saturated carbocycles. The van der Waals surface area contributed by atoms with Crippen LogP contribution in [0.15, 0.2) is 41.5 Å². The quantitative estimate of drug-likeness (QED) is 0.673. The van der Waals surface area contributed by atoms with Gasteiger partial charge in [0.2, 0.25) is 5.91 Å². The Labute approximate surface area is 130 Å². The van der Waals surface area contributed by atoms with Crippen LogP contribution in [-0.2, 0) is 11.2 Å². The summed E-state index contributed by atoms with van der Waals surface area (Å²) >= 11 is 0. The molecule has 0 spiro atoms. The molecule has 0 aliphatic carbocycles. The number of hydrazone groups is 1. The summed E-state index contributed by atoms with van der Waals surface area (Å²) in [6.45, 7) is 5.94. The molecule has 2 aromatic rings. The van der Waals surface area contributed by atoms with Crippen LogP contribution in [0.1, 0.15) is 27.8 Å². The van der Waals surface area contributed by atoms with Gasteiger partial charge in [0.15, 0.2) is 0 Å². The molecule has 0 aromatic heterocycles. The number of carbonyl (C=O) groups is 1. The van der Waals surface area contributed by atoms with Crippen molar-refractivity contribution in [3.63, 3.8) is 0 Å². The lowest BCUT2D eigenvalue weighted by atomic mass is 10.0. The van der Waals surface area contributed by atoms with Crippen molar-refractivity contribution in [2.75, 3.05) is 0 Å². The average molecular weight is 296 g/mol. The molecule has 0 atom stereocenters. The lowest BCUT2D eigenvalue weighted by Gasteiger charge is -2.06. The lowest BCUT2D eigenvalue weighted by Crippen LogP contribution is -2.20. The number of hydrogen-bond acceptors (Lipinski definition) is 3. The van der Waals surface area contributed by atoms with E-state index in [4.69, 9.17) is 0 Å². The van der Waals surface area contributed by atoms with E-state index in [-0.39, 0.29) is 18.1 Å². The fourth-order valence-corrected chi connectivity index (χ4v) is 2.21. The van der Waals surface area contributed by atoms with E-state index in [1.54, 1.807) is 12.1 Å². The zero-order chi connectivity index (χ0) is 16.1. The summed E-state index contributed by atoms with van der Waals surface area (Å²) in [5.41, 5.74) is 7.33. The maximum atomic E-state index is 11.9. The van der Waals surface area contributed by atoms with Crippen LogP contribution in [0.2, 0.25) is 0 Å². The van der Waals surface area contributed by atoms with Crippen LogP contribution in [0.25, 0.3) is 0 Å². The van der Waals surface area contributed by atoms with Crippen LogP contribution in [0, 0.1) is 20.8 Å². The Morgan fingerprint density at radius 2 is 1.82 bits per heavy atom. The van der Waals surface area contributed by atoms with E-state index in [1.807, 2.05) is 39.0 Å². The van der Waals surface area contributed by atoms with E-state index in [9.17, 15) is 9.90 Å². The molecule has 0 bridgehead atoms. The number of phenols is 1. The van der Waals surface area contributed by atoms with Crippen LogP contribution in [0.4, 0.5) is 0 Å². The van der Waals surface area contributed by atoms with Crippen LogP contribution < -0.4 is 5.43 Å². The van der Waals surface area contributed by atoms with Gasteiger partial charge in [-0.3, -0.25) is 4.79 Å². The second kappa shape index (κ2) is 6.89. The van der Waals surface area contributed by atoms with Crippen molar-refractivity contribution >= 4 is 12.1 Å². The van der Waals surface area contributed by atoms with Crippen LogP contribution in [0.3, 0.4) is 0 Å². The van der Waals surface area contributed by atoms with Gasteiger partial charge in [-0.15, -0.1) is 0 Å². The number of aryl methyl sites for hydroxylation is 3. The molecule has 0 aliphatic heterocycles. The first-order chi connectivity index (χ1) is 10.5. The third-order valence-electron chi connectivity index (χ3n) is 3.43. The van der Waals surface area contributed by atoms with Gasteiger partial charge in [0.1, 0.15) is 5.75 Å². The Morgan fingerprint density at radius 3 is 2.55 bits per heavy atom. The first-order valence-corrected chi connectivity index (χ1v) is 7.13. The van der Waals surface area contributed by atoms with Crippen LogP contribution >= 0.6 is 0 Å². The maximum absolute atomic E-state index is 11.9. The number of phenolic OH excluding ortho intramolecular Hbond substituents is 1. The molecule has 2 rings (SSSR count). The lowest BCUT2D eigenvalue weighted by molar-refractivity contribution is -0.120. The molecule has 2 aromatic carbocycles. The summed E-state index contributed by atoms with van der Waals surface area (Å²) in [6.07, 6.45) is 1.73. The number of benzene rings is 2. The summed E-state index contributed by atoms with van der Waals surface area (Å²) in [7, 11) is 0. The molecule has 0 radical (unpaired) electrons. The maximum Gasteiger partial charge on any atom is 0.244 e. The van der Waals surface area contributed by atoms with E-state index >= 15 is 0 Å². The Balaban J connectivity index is 1.98. The summed E-state index contributed by atoms with van der Waals surface area (Å²) < 4.78 is 0. The minimum Gasteiger partial charge on any atom is -0.507 e. The number of carbonyl (C=O) groups excluding carboxylic acids is 1. The van der Waals surface area contributed by atoms with Gasteiger partial charge >= 0.3 is 0 Å². The third kappa shape index (κ3) is 4.19. The van der Waals surface area contributed by atoms with Gasteiger partial charge in [0.05, 0.1) is 12.6 Å². The van der Waals surface area contributed by atoms with Crippen molar-refractivity contribution in [3.8, 4) is 5.75 Å². The molecule has 2 N–H and O–H groups in total. The van der Waals surface area contributed by atoms with Crippen molar-refractivity contribution in [1.82, 2.24) is 5.43 Å². The van der Waals surface area contributed by atoms with Gasteiger partial charge in [-0.1, -0.05) is 35.4 Å². The van der Waals surface area contributed by atoms with E-state index in [0.29, 0.717) is 5.56 Å². The monoisotopic (exact) mass is 296 g/mol. The van der Waals surface area contributed by atoms with Gasteiger partial charge in [0, 0.05) is 5.56 Å². The van der Waals surface area contributed by atoms with Gasteiger partial charge in [-0.05, 0) is 44.0 Å². The number of amides is 1. The molecule has 22 heavy (non-hydrogen) atoms. The number of nitrogens with one attached hydrogen (secondary N) is 1. The van der Waals surface area contributed by atoms with E-state index in [0.717, 1.165) is 16.7 Å².